The van der Waals surface area contributed by atoms with Gasteiger partial charge in [0.2, 0.25) is 0 Å². The molecular formula is C39H57N7O9SSi2. The van der Waals surface area contributed by atoms with Crippen molar-refractivity contribution in [3.05, 3.63) is 82.9 Å². The number of esters is 1. The zero-order valence-corrected chi connectivity index (χ0v) is 37.3. The van der Waals surface area contributed by atoms with Crippen LogP contribution in [0.2, 0.25) is 36.3 Å². The Morgan fingerprint density at radius 1 is 0.879 bits per heavy atom. The number of nitrogens with zero attached hydrogens (tertiary/aromatic N) is 6. The molecule has 1 saturated heterocycles. The molecule has 0 bridgehead atoms. The number of nitro groups is 1. The van der Waals surface area contributed by atoms with Gasteiger partial charge in [0.1, 0.15) is 31.2 Å². The van der Waals surface area contributed by atoms with Crippen molar-refractivity contribution >= 4 is 55.3 Å². The minimum absolute atomic E-state index is 0.00893. The van der Waals surface area contributed by atoms with Gasteiger partial charge in [0.05, 0.1) is 17.9 Å². The molecule has 4 aromatic rings. The first-order chi connectivity index (χ1) is 27.8. The molecule has 0 amide bonds. The van der Waals surface area contributed by atoms with Crippen molar-refractivity contribution in [2.24, 2.45) is 0 Å². The predicted octanol–water partition coefficient (Wildman–Crippen LogP) is 7.28. The molecule has 0 aliphatic carbocycles. The van der Waals surface area contributed by atoms with E-state index in [4.69, 9.17) is 23.3 Å². The number of sulfonamides is 1. The van der Waals surface area contributed by atoms with Crippen LogP contribution in [0.1, 0.15) is 60.3 Å². The van der Waals surface area contributed by atoms with Crippen LogP contribution in [0.5, 0.6) is 0 Å². The van der Waals surface area contributed by atoms with Crippen LogP contribution in [0, 0.1) is 10.1 Å². The summed E-state index contributed by atoms with van der Waals surface area (Å²) < 4.78 is 58.7. The number of fused-ring (bicyclic) bond motifs is 1. The summed E-state index contributed by atoms with van der Waals surface area (Å²) in [4.78, 5) is 37.8. The molecular weight excluding hydrogens is 799 g/mol. The molecule has 3 heterocycles. The molecule has 1 N–H and O–H groups in total. The molecule has 5 rings (SSSR count). The molecule has 16 nitrogen and oxygen atoms in total. The van der Waals surface area contributed by atoms with Crippen molar-refractivity contribution < 1.29 is 36.5 Å². The zero-order valence-electron chi connectivity index (χ0n) is 34.5. The molecule has 1 aliphatic heterocycles. The van der Waals surface area contributed by atoms with Crippen LogP contribution in [0.3, 0.4) is 0 Å². The fraction of sp³-hybridized carbons (Fsp3) is 0.538. The number of imidazole rings is 1. The standard InChI is InChI=1S/C39H57N7O9SSi2/c1-8-52-33(47)26-44(56(50,51)32-23-19-18-22-30(32)46(48)49)25-31-35(54-57(9-2,10-3)11-4)36(55-58(12-5,13-6)14-7)39(53-31)45-28-43-34-37(41-27-42-38(34)45)40-24-29-20-16-15-17-21-29/h15-23,27-28,31,35-36,39H,8-14,24-26H2,1-7H3,(H,40,41,42)/t31-,35-,36-,39-/m1/s1. The summed E-state index contributed by atoms with van der Waals surface area (Å²) >= 11 is 0. The molecule has 4 atom stereocenters. The molecule has 19 heteroatoms. The number of carbonyl (C=O) groups is 1. The van der Waals surface area contributed by atoms with E-state index in [2.05, 4.69) is 56.8 Å². The third-order valence-corrected chi connectivity index (χ3v) is 22.7. The van der Waals surface area contributed by atoms with E-state index >= 15 is 0 Å². The number of nitrogens with one attached hydrogen (secondary N) is 1. The average molecular weight is 856 g/mol. The first-order valence-corrected chi connectivity index (χ1v) is 26.7. The maximum atomic E-state index is 14.5. The highest BCUT2D eigenvalue weighted by Gasteiger charge is 2.54. The smallest absolute Gasteiger partial charge is 0.321 e. The summed E-state index contributed by atoms with van der Waals surface area (Å²) in [5.74, 6) is -0.288. The zero-order chi connectivity index (χ0) is 42.1. The highest BCUT2D eigenvalue weighted by atomic mass is 32.2. The van der Waals surface area contributed by atoms with Crippen molar-refractivity contribution in [3.8, 4) is 0 Å². The fourth-order valence-electron chi connectivity index (χ4n) is 7.64. The van der Waals surface area contributed by atoms with Crippen LogP contribution in [-0.4, -0.2) is 97.8 Å². The van der Waals surface area contributed by atoms with Gasteiger partial charge < -0.3 is 23.6 Å². The molecule has 0 radical (unpaired) electrons. The van der Waals surface area contributed by atoms with Crippen molar-refractivity contribution in [2.75, 3.05) is 25.0 Å². The number of rotatable bonds is 22. The van der Waals surface area contributed by atoms with Crippen LogP contribution in [0.4, 0.5) is 11.5 Å². The van der Waals surface area contributed by atoms with E-state index in [1.165, 1.54) is 18.5 Å². The van der Waals surface area contributed by atoms with E-state index in [-0.39, 0.29) is 13.2 Å². The third-order valence-electron chi connectivity index (χ3n) is 11.5. The van der Waals surface area contributed by atoms with Gasteiger partial charge in [-0.2, -0.15) is 4.31 Å². The SMILES string of the molecule is CCOC(=O)CN(C[C@H]1O[C@@H](n2cnc3c(NCc4ccccc4)ncnc32)[C@H](O[Si](CC)(CC)CC)[C@@H]1O[Si](CC)(CC)CC)S(=O)(=O)c1ccccc1[N+](=O)[O-]. The molecule has 0 unspecified atom stereocenters. The average Bonchev–Trinajstić information content (AvgIpc) is 3.82. The first-order valence-electron chi connectivity index (χ1n) is 20.2. The predicted molar refractivity (Wildman–Crippen MR) is 226 cm³/mol. The Morgan fingerprint density at radius 3 is 2.09 bits per heavy atom. The van der Waals surface area contributed by atoms with E-state index < -0.39 is 79.2 Å². The molecule has 0 spiro atoms. The summed E-state index contributed by atoms with van der Waals surface area (Å²) in [7, 11) is -9.59. The van der Waals surface area contributed by atoms with E-state index in [0.29, 0.717) is 23.5 Å². The normalized spacial score (nSPS) is 18.8. The van der Waals surface area contributed by atoms with Crippen LogP contribution >= 0.6 is 0 Å². The summed E-state index contributed by atoms with van der Waals surface area (Å²) in [5, 5.41) is 15.5. The van der Waals surface area contributed by atoms with Gasteiger partial charge >= 0.3 is 5.97 Å². The lowest BCUT2D eigenvalue weighted by Crippen LogP contribution is -2.53. The van der Waals surface area contributed by atoms with Crippen LogP contribution in [-0.2, 0) is 39.7 Å². The Labute approximate surface area is 343 Å². The number of benzene rings is 2. The van der Waals surface area contributed by atoms with Gasteiger partial charge in [0.15, 0.2) is 44.7 Å². The van der Waals surface area contributed by atoms with E-state index in [1.54, 1.807) is 17.8 Å². The minimum Gasteiger partial charge on any atom is -0.465 e. The van der Waals surface area contributed by atoms with Gasteiger partial charge in [0.25, 0.3) is 15.7 Å². The third kappa shape index (κ3) is 9.67. The molecule has 2 aromatic carbocycles. The van der Waals surface area contributed by atoms with Gasteiger partial charge in [-0.25, -0.2) is 23.4 Å². The fourth-order valence-corrected chi connectivity index (χ4v) is 14.9. The van der Waals surface area contributed by atoms with Crippen LogP contribution in [0.25, 0.3) is 11.2 Å². The second kappa shape index (κ2) is 19.8. The lowest BCUT2D eigenvalue weighted by molar-refractivity contribution is -0.387. The molecule has 2 aromatic heterocycles. The topological polar surface area (TPSA) is 190 Å². The lowest BCUT2D eigenvalue weighted by atomic mass is 10.1. The van der Waals surface area contributed by atoms with Crippen LogP contribution in [0.15, 0.2) is 72.1 Å². The lowest BCUT2D eigenvalue weighted by Gasteiger charge is -2.40. The van der Waals surface area contributed by atoms with Gasteiger partial charge in [-0.1, -0.05) is 84.0 Å². The van der Waals surface area contributed by atoms with Crippen LogP contribution < -0.4 is 5.32 Å². The quantitative estimate of drug-likeness (QED) is 0.0360. The van der Waals surface area contributed by atoms with Gasteiger partial charge in [-0.3, -0.25) is 19.5 Å². The minimum atomic E-state index is -4.68. The molecule has 1 aliphatic rings. The van der Waals surface area contributed by atoms with E-state index in [9.17, 15) is 23.3 Å². The second-order valence-electron chi connectivity index (χ2n) is 14.4. The number of aromatic nitrogens is 4. The summed E-state index contributed by atoms with van der Waals surface area (Å²) in [6.07, 6.45) is -0.329. The maximum Gasteiger partial charge on any atom is 0.321 e. The summed E-state index contributed by atoms with van der Waals surface area (Å²) in [6.45, 7) is 13.7. The number of carbonyl (C=O) groups excluding carboxylic acids is 1. The van der Waals surface area contributed by atoms with Crippen molar-refractivity contribution in [1.29, 1.82) is 0 Å². The first kappa shape index (κ1) is 45.0. The molecule has 1 fully saturated rings. The second-order valence-corrected chi connectivity index (χ2v) is 25.8. The molecule has 316 valence electrons. The summed E-state index contributed by atoms with van der Waals surface area (Å²) in [5.41, 5.74) is 1.42. The number of para-hydroxylation sites is 1. The van der Waals surface area contributed by atoms with E-state index in [1.807, 2.05) is 30.3 Å². The Morgan fingerprint density at radius 2 is 1.48 bits per heavy atom. The highest BCUT2D eigenvalue weighted by Crippen LogP contribution is 2.42. The van der Waals surface area contributed by atoms with E-state index in [0.717, 1.165) is 58.3 Å². The van der Waals surface area contributed by atoms with Crippen molar-refractivity contribution in [1.82, 2.24) is 23.8 Å². The number of anilines is 1. The Hall–Kier alpha value is -4.12. The van der Waals surface area contributed by atoms with Crippen molar-refractivity contribution in [2.45, 2.75) is 121 Å². The number of nitro benzene ring substituents is 1. The maximum absolute atomic E-state index is 14.5. The van der Waals surface area contributed by atoms with Gasteiger partial charge in [-0.05, 0) is 54.8 Å². The number of ether oxygens (including phenoxy) is 2. The Bertz CT molecular complexity index is 2090. The van der Waals surface area contributed by atoms with Crippen molar-refractivity contribution in [3.63, 3.8) is 0 Å². The Balaban J connectivity index is 1.67. The highest BCUT2D eigenvalue weighted by molar-refractivity contribution is 7.89. The molecule has 0 saturated carbocycles. The summed E-state index contributed by atoms with van der Waals surface area (Å²) in [6, 6.07) is 19.8. The largest absolute Gasteiger partial charge is 0.465 e. The number of hydrogen-bond acceptors (Lipinski definition) is 13. The monoisotopic (exact) mass is 855 g/mol. The number of hydrogen-bond donors (Lipinski definition) is 1. The van der Waals surface area contributed by atoms with Gasteiger partial charge in [0, 0.05) is 19.2 Å². The molecule has 58 heavy (non-hydrogen) atoms. The van der Waals surface area contributed by atoms with Gasteiger partial charge in [-0.15, -0.1) is 0 Å². The Kier molecular flexibility index (Phi) is 15.3.